The van der Waals surface area contributed by atoms with E-state index in [1.54, 1.807) is 12.3 Å². The number of nitrogens with zero attached hydrogens (tertiary/aromatic N) is 1. The van der Waals surface area contributed by atoms with E-state index >= 15 is 0 Å². The van der Waals surface area contributed by atoms with Gasteiger partial charge < -0.3 is 11.1 Å². The van der Waals surface area contributed by atoms with Crippen LogP contribution in [0.1, 0.15) is 34.8 Å². The van der Waals surface area contributed by atoms with Gasteiger partial charge in [-0.2, -0.15) is 5.10 Å². The fourth-order valence-electron chi connectivity index (χ4n) is 2.59. The Hall–Kier alpha value is -1.85. The summed E-state index contributed by atoms with van der Waals surface area (Å²) in [6.45, 7) is 1.04. The lowest BCUT2D eigenvalue weighted by molar-refractivity contribution is 0.100. The standard InChI is InChI=1S/C14H16N4O.ClH/c15-14(19)10-4-3-9(12-2-1-6-16-12)8-11(10)13-5-7-17-18-13;/h3-5,7-8,12,16H,1-2,6H2,(H2,15,19)(H,17,18);1H. The molecule has 2 aromatic rings. The average molecular weight is 293 g/mol. The topological polar surface area (TPSA) is 83.8 Å². The lowest BCUT2D eigenvalue weighted by Crippen LogP contribution is -2.15. The molecular formula is C14H17ClN4O. The van der Waals surface area contributed by atoms with Crippen LogP contribution >= 0.6 is 12.4 Å². The smallest absolute Gasteiger partial charge is 0.249 e. The van der Waals surface area contributed by atoms with Crippen LogP contribution in [-0.4, -0.2) is 22.6 Å². The molecule has 5 nitrogen and oxygen atoms in total. The number of benzene rings is 1. The van der Waals surface area contributed by atoms with Gasteiger partial charge in [0.2, 0.25) is 5.91 Å². The van der Waals surface area contributed by atoms with Crippen LogP contribution in [0.15, 0.2) is 30.5 Å². The number of nitrogens with one attached hydrogen (secondary N) is 2. The third kappa shape index (κ3) is 2.69. The van der Waals surface area contributed by atoms with Crippen molar-refractivity contribution in [2.24, 2.45) is 5.73 Å². The molecule has 1 aromatic carbocycles. The number of aromatic nitrogens is 2. The zero-order valence-electron chi connectivity index (χ0n) is 10.9. The largest absolute Gasteiger partial charge is 0.366 e. The minimum atomic E-state index is -0.421. The van der Waals surface area contributed by atoms with Crippen molar-refractivity contribution in [3.8, 4) is 11.3 Å². The van der Waals surface area contributed by atoms with Gasteiger partial charge >= 0.3 is 0 Å². The van der Waals surface area contributed by atoms with Gasteiger partial charge in [0.05, 0.1) is 5.69 Å². The molecule has 0 saturated carbocycles. The van der Waals surface area contributed by atoms with Gasteiger partial charge in [0.25, 0.3) is 0 Å². The van der Waals surface area contributed by atoms with Crippen LogP contribution in [0.25, 0.3) is 11.3 Å². The molecule has 3 rings (SSSR count). The Morgan fingerprint density at radius 1 is 1.35 bits per heavy atom. The van der Waals surface area contributed by atoms with E-state index < -0.39 is 5.91 Å². The zero-order chi connectivity index (χ0) is 13.2. The van der Waals surface area contributed by atoms with Crippen LogP contribution in [0, 0.1) is 0 Å². The predicted octanol–water partition coefficient (Wildman–Crippen LogP) is 2.02. The number of primary amides is 1. The van der Waals surface area contributed by atoms with Crippen LogP contribution in [-0.2, 0) is 0 Å². The minimum Gasteiger partial charge on any atom is -0.366 e. The second kappa shape index (κ2) is 6.07. The number of H-pyrrole nitrogens is 1. The molecule has 0 bridgehead atoms. The van der Waals surface area contributed by atoms with Crippen molar-refractivity contribution in [1.82, 2.24) is 15.5 Å². The molecule has 1 aromatic heterocycles. The van der Waals surface area contributed by atoms with Crippen LogP contribution in [0.3, 0.4) is 0 Å². The third-order valence-corrected chi connectivity index (χ3v) is 3.56. The van der Waals surface area contributed by atoms with Crippen molar-refractivity contribution in [2.45, 2.75) is 18.9 Å². The summed E-state index contributed by atoms with van der Waals surface area (Å²) in [4.78, 5) is 11.5. The average Bonchev–Trinajstić information content (AvgIpc) is 3.11. The van der Waals surface area contributed by atoms with Gasteiger partial charge in [0.15, 0.2) is 0 Å². The monoisotopic (exact) mass is 292 g/mol. The highest BCUT2D eigenvalue weighted by Gasteiger charge is 2.19. The van der Waals surface area contributed by atoms with E-state index in [0.717, 1.165) is 24.2 Å². The Labute approximate surface area is 123 Å². The molecule has 1 fully saturated rings. The van der Waals surface area contributed by atoms with E-state index in [4.69, 9.17) is 5.73 Å². The number of rotatable bonds is 3. The fourth-order valence-corrected chi connectivity index (χ4v) is 2.59. The first-order valence-corrected chi connectivity index (χ1v) is 6.42. The maximum Gasteiger partial charge on any atom is 0.249 e. The summed E-state index contributed by atoms with van der Waals surface area (Å²) >= 11 is 0. The highest BCUT2D eigenvalue weighted by Crippen LogP contribution is 2.29. The number of amides is 1. The van der Waals surface area contributed by atoms with Gasteiger partial charge in [-0.3, -0.25) is 9.89 Å². The predicted molar refractivity (Wildman–Crippen MR) is 79.8 cm³/mol. The zero-order valence-corrected chi connectivity index (χ0v) is 11.7. The van der Waals surface area contributed by atoms with Gasteiger partial charge in [-0.05, 0) is 43.1 Å². The molecule has 1 amide bonds. The van der Waals surface area contributed by atoms with Gasteiger partial charge in [0.1, 0.15) is 0 Å². The molecule has 0 aliphatic carbocycles. The number of halogens is 1. The molecule has 20 heavy (non-hydrogen) atoms. The van der Waals surface area contributed by atoms with Crippen molar-refractivity contribution in [3.63, 3.8) is 0 Å². The molecule has 4 N–H and O–H groups in total. The molecule has 1 saturated heterocycles. The van der Waals surface area contributed by atoms with Gasteiger partial charge in [-0.1, -0.05) is 6.07 Å². The van der Waals surface area contributed by atoms with Crippen molar-refractivity contribution in [3.05, 3.63) is 41.6 Å². The maximum atomic E-state index is 11.5. The highest BCUT2D eigenvalue weighted by atomic mass is 35.5. The number of aromatic amines is 1. The molecule has 1 aliphatic rings. The summed E-state index contributed by atoms with van der Waals surface area (Å²) in [5.74, 6) is -0.421. The van der Waals surface area contributed by atoms with Crippen LogP contribution in [0.2, 0.25) is 0 Å². The normalized spacial score (nSPS) is 17.7. The van der Waals surface area contributed by atoms with Gasteiger partial charge in [0, 0.05) is 23.4 Å². The second-order valence-corrected chi connectivity index (χ2v) is 4.79. The van der Waals surface area contributed by atoms with Crippen molar-refractivity contribution >= 4 is 18.3 Å². The Bertz CT molecular complexity index is 591. The SMILES string of the molecule is Cl.NC(=O)c1ccc(C2CCCN2)cc1-c1ccn[nH]1. The van der Waals surface area contributed by atoms with Gasteiger partial charge in [-0.25, -0.2) is 0 Å². The first kappa shape index (κ1) is 14.6. The number of nitrogens with two attached hydrogens (primary N) is 1. The van der Waals surface area contributed by atoms with E-state index in [1.807, 2.05) is 18.2 Å². The van der Waals surface area contributed by atoms with E-state index in [2.05, 4.69) is 15.5 Å². The number of carbonyl (C=O) groups excluding carboxylic acids is 1. The summed E-state index contributed by atoms with van der Waals surface area (Å²) in [5.41, 5.74) is 8.77. The summed E-state index contributed by atoms with van der Waals surface area (Å²) in [7, 11) is 0. The molecule has 0 spiro atoms. The number of hydrogen-bond acceptors (Lipinski definition) is 3. The van der Waals surface area contributed by atoms with Gasteiger partial charge in [-0.15, -0.1) is 12.4 Å². The number of hydrogen-bond donors (Lipinski definition) is 3. The summed E-state index contributed by atoms with van der Waals surface area (Å²) < 4.78 is 0. The third-order valence-electron chi connectivity index (χ3n) is 3.56. The summed E-state index contributed by atoms with van der Waals surface area (Å²) in [6.07, 6.45) is 3.97. The molecule has 106 valence electrons. The molecule has 2 heterocycles. The summed E-state index contributed by atoms with van der Waals surface area (Å²) in [5, 5.41) is 10.3. The molecular weight excluding hydrogens is 276 g/mol. The highest BCUT2D eigenvalue weighted by molar-refractivity contribution is 5.99. The summed E-state index contributed by atoms with van der Waals surface area (Å²) in [6, 6.07) is 8.00. The Morgan fingerprint density at radius 2 is 2.20 bits per heavy atom. The first-order chi connectivity index (χ1) is 9.25. The van der Waals surface area contributed by atoms with Crippen molar-refractivity contribution in [1.29, 1.82) is 0 Å². The van der Waals surface area contributed by atoms with Crippen molar-refractivity contribution in [2.75, 3.05) is 6.54 Å². The first-order valence-electron chi connectivity index (χ1n) is 6.42. The Kier molecular flexibility index (Phi) is 4.42. The molecule has 6 heteroatoms. The van der Waals surface area contributed by atoms with Crippen molar-refractivity contribution < 1.29 is 4.79 Å². The van der Waals surface area contributed by atoms with E-state index in [9.17, 15) is 4.79 Å². The molecule has 1 aliphatic heterocycles. The minimum absolute atomic E-state index is 0. The van der Waals surface area contributed by atoms with E-state index in [0.29, 0.717) is 11.6 Å². The second-order valence-electron chi connectivity index (χ2n) is 4.79. The fraction of sp³-hybridized carbons (Fsp3) is 0.286. The molecule has 1 unspecified atom stereocenters. The van der Waals surface area contributed by atoms with Crippen LogP contribution in [0.5, 0.6) is 0 Å². The lowest BCUT2D eigenvalue weighted by atomic mass is 9.96. The van der Waals surface area contributed by atoms with Crippen LogP contribution in [0.4, 0.5) is 0 Å². The Morgan fingerprint density at radius 3 is 2.80 bits per heavy atom. The molecule has 0 radical (unpaired) electrons. The maximum absolute atomic E-state index is 11.5. The number of carbonyl (C=O) groups is 1. The van der Waals surface area contributed by atoms with Crippen LogP contribution < -0.4 is 11.1 Å². The molecule has 1 atom stereocenters. The Balaban J connectivity index is 0.00000147. The quantitative estimate of drug-likeness (QED) is 0.809. The van der Waals surface area contributed by atoms with E-state index in [-0.39, 0.29) is 12.4 Å². The lowest BCUT2D eigenvalue weighted by Gasteiger charge is -2.13. The van der Waals surface area contributed by atoms with E-state index in [1.165, 1.54) is 12.0 Å².